The first-order chi connectivity index (χ1) is 7.88. The van der Waals surface area contributed by atoms with Gasteiger partial charge in [0.05, 0.1) is 4.47 Å². The number of anilines is 1. The molecule has 2 heterocycles. The molecule has 5 heteroatoms. The SMILES string of the molecule is CC(Nc1nc2c(Br)cccn2n1)C(C)(C)C. The zero-order valence-corrected chi connectivity index (χ0v) is 12.1. The quantitative estimate of drug-likeness (QED) is 0.924. The zero-order valence-electron chi connectivity index (χ0n) is 10.5. The summed E-state index contributed by atoms with van der Waals surface area (Å²) in [5.74, 6) is 0.666. The highest BCUT2D eigenvalue weighted by Crippen LogP contribution is 2.22. The third-order valence-electron chi connectivity index (χ3n) is 2.96. The van der Waals surface area contributed by atoms with E-state index in [1.165, 1.54) is 0 Å². The van der Waals surface area contributed by atoms with Crippen LogP contribution in [0.3, 0.4) is 0 Å². The van der Waals surface area contributed by atoms with Crippen molar-refractivity contribution in [2.24, 2.45) is 5.41 Å². The number of aromatic nitrogens is 3. The van der Waals surface area contributed by atoms with Gasteiger partial charge in [-0.15, -0.1) is 5.10 Å². The van der Waals surface area contributed by atoms with Crippen LogP contribution in [0.25, 0.3) is 5.65 Å². The molecule has 2 aromatic heterocycles. The standard InChI is InChI=1S/C12H17BrN4/c1-8(12(2,3)4)14-11-15-10-9(13)6-5-7-17(10)16-11/h5-8H,1-4H3,(H,14,16). The predicted octanol–water partition coefficient (Wildman–Crippen LogP) is 3.34. The van der Waals surface area contributed by atoms with Crippen molar-refractivity contribution >= 4 is 27.5 Å². The first-order valence-corrected chi connectivity index (χ1v) is 6.44. The van der Waals surface area contributed by atoms with Gasteiger partial charge in [0, 0.05) is 12.2 Å². The molecule has 4 nitrogen and oxygen atoms in total. The molecule has 0 bridgehead atoms. The maximum Gasteiger partial charge on any atom is 0.243 e. The van der Waals surface area contributed by atoms with Crippen molar-refractivity contribution in [3.05, 3.63) is 22.8 Å². The normalized spacial score (nSPS) is 13.9. The fourth-order valence-corrected chi connectivity index (χ4v) is 1.77. The minimum atomic E-state index is 0.175. The summed E-state index contributed by atoms with van der Waals surface area (Å²) in [5.41, 5.74) is 1.01. The topological polar surface area (TPSA) is 42.2 Å². The van der Waals surface area contributed by atoms with Crippen molar-refractivity contribution in [1.29, 1.82) is 0 Å². The second kappa shape index (κ2) is 4.29. The van der Waals surface area contributed by atoms with Crippen LogP contribution in [-0.2, 0) is 0 Å². The number of nitrogens with zero attached hydrogens (tertiary/aromatic N) is 3. The lowest BCUT2D eigenvalue weighted by atomic mass is 9.88. The Morgan fingerprint density at radius 1 is 1.41 bits per heavy atom. The van der Waals surface area contributed by atoms with Crippen molar-refractivity contribution < 1.29 is 0 Å². The minimum Gasteiger partial charge on any atom is -0.350 e. The Bertz CT molecular complexity index is 527. The van der Waals surface area contributed by atoms with Gasteiger partial charge in [0.25, 0.3) is 0 Å². The second-order valence-electron chi connectivity index (χ2n) is 5.29. The summed E-state index contributed by atoms with van der Waals surface area (Å²) in [4.78, 5) is 4.46. The fourth-order valence-electron chi connectivity index (χ4n) is 1.34. The average molecular weight is 297 g/mol. The monoisotopic (exact) mass is 296 g/mol. The molecule has 1 atom stereocenters. The van der Waals surface area contributed by atoms with Crippen LogP contribution < -0.4 is 5.32 Å². The summed E-state index contributed by atoms with van der Waals surface area (Å²) in [6.45, 7) is 8.71. The van der Waals surface area contributed by atoms with Gasteiger partial charge in [-0.05, 0) is 40.4 Å². The molecular weight excluding hydrogens is 280 g/mol. The van der Waals surface area contributed by atoms with Gasteiger partial charge in [0.1, 0.15) is 0 Å². The van der Waals surface area contributed by atoms with Gasteiger partial charge in [-0.25, -0.2) is 4.52 Å². The van der Waals surface area contributed by atoms with Gasteiger partial charge in [0.2, 0.25) is 5.95 Å². The largest absolute Gasteiger partial charge is 0.350 e. The number of pyridine rings is 1. The van der Waals surface area contributed by atoms with E-state index in [2.05, 4.69) is 59.0 Å². The van der Waals surface area contributed by atoms with E-state index in [9.17, 15) is 0 Å². The average Bonchev–Trinajstić information content (AvgIpc) is 2.60. The molecule has 0 aliphatic rings. The third-order valence-corrected chi connectivity index (χ3v) is 3.58. The summed E-state index contributed by atoms with van der Waals surface area (Å²) in [7, 11) is 0. The number of rotatable bonds is 2. The van der Waals surface area contributed by atoms with E-state index in [0.717, 1.165) is 10.1 Å². The summed E-state index contributed by atoms with van der Waals surface area (Å²) in [6, 6.07) is 4.20. The molecule has 0 aliphatic carbocycles. The highest BCUT2D eigenvalue weighted by molar-refractivity contribution is 9.10. The van der Waals surface area contributed by atoms with Crippen molar-refractivity contribution in [2.45, 2.75) is 33.7 Å². The molecule has 0 saturated heterocycles. The molecule has 0 amide bonds. The summed E-state index contributed by atoms with van der Waals surface area (Å²) in [6.07, 6.45) is 1.89. The van der Waals surface area contributed by atoms with E-state index in [0.29, 0.717) is 12.0 Å². The van der Waals surface area contributed by atoms with Crippen LogP contribution in [0.1, 0.15) is 27.7 Å². The Labute approximate surface area is 110 Å². The Morgan fingerprint density at radius 3 is 2.71 bits per heavy atom. The van der Waals surface area contributed by atoms with Crippen molar-refractivity contribution in [3.63, 3.8) is 0 Å². The number of fused-ring (bicyclic) bond motifs is 1. The lowest BCUT2D eigenvalue weighted by Gasteiger charge is -2.27. The molecule has 1 unspecified atom stereocenters. The molecule has 1 N–H and O–H groups in total. The predicted molar refractivity (Wildman–Crippen MR) is 73.2 cm³/mol. The molecule has 0 fully saturated rings. The summed E-state index contributed by atoms with van der Waals surface area (Å²) >= 11 is 3.46. The Morgan fingerprint density at radius 2 is 2.12 bits per heavy atom. The summed E-state index contributed by atoms with van der Waals surface area (Å²) < 4.78 is 2.71. The van der Waals surface area contributed by atoms with Crippen LogP contribution >= 0.6 is 15.9 Å². The fraction of sp³-hybridized carbons (Fsp3) is 0.500. The molecule has 0 saturated carbocycles. The van der Waals surface area contributed by atoms with Crippen molar-refractivity contribution in [1.82, 2.24) is 14.6 Å². The number of nitrogens with one attached hydrogen (secondary N) is 1. The molecular formula is C12H17BrN4. The zero-order chi connectivity index (χ0) is 12.6. The molecule has 0 radical (unpaired) electrons. The van der Waals surface area contributed by atoms with Crippen LogP contribution in [0.5, 0.6) is 0 Å². The van der Waals surface area contributed by atoms with E-state index in [1.54, 1.807) is 4.52 Å². The lowest BCUT2D eigenvalue weighted by molar-refractivity contribution is 0.358. The summed E-state index contributed by atoms with van der Waals surface area (Å²) in [5, 5.41) is 7.73. The molecule has 17 heavy (non-hydrogen) atoms. The second-order valence-corrected chi connectivity index (χ2v) is 6.15. The Hall–Kier alpha value is -1.10. The van der Waals surface area contributed by atoms with E-state index in [4.69, 9.17) is 0 Å². The third kappa shape index (κ3) is 2.60. The van der Waals surface area contributed by atoms with E-state index >= 15 is 0 Å². The van der Waals surface area contributed by atoms with Crippen LogP contribution in [0, 0.1) is 5.41 Å². The molecule has 2 aromatic rings. The maximum atomic E-state index is 4.46. The van der Waals surface area contributed by atoms with Gasteiger partial charge in [-0.2, -0.15) is 4.98 Å². The van der Waals surface area contributed by atoms with E-state index in [1.807, 2.05) is 18.3 Å². The van der Waals surface area contributed by atoms with Gasteiger partial charge in [-0.3, -0.25) is 0 Å². The van der Waals surface area contributed by atoms with Crippen LogP contribution in [0.4, 0.5) is 5.95 Å². The van der Waals surface area contributed by atoms with Gasteiger partial charge in [0.15, 0.2) is 5.65 Å². The molecule has 0 aliphatic heterocycles. The molecule has 92 valence electrons. The molecule has 0 aromatic carbocycles. The van der Waals surface area contributed by atoms with Crippen molar-refractivity contribution in [3.8, 4) is 0 Å². The highest BCUT2D eigenvalue weighted by Gasteiger charge is 2.21. The first-order valence-electron chi connectivity index (χ1n) is 5.65. The smallest absolute Gasteiger partial charge is 0.243 e. The maximum absolute atomic E-state index is 4.46. The van der Waals surface area contributed by atoms with E-state index in [-0.39, 0.29) is 5.41 Å². The Kier molecular flexibility index (Phi) is 3.12. The van der Waals surface area contributed by atoms with Crippen LogP contribution in [-0.4, -0.2) is 20.6 Å². The van der Waals surface area contributed by atoms with Gasteiger partial charge < -0.3 is 5.32 Å². The van der Waals surface area contributed by atoms with E-state index < -0.39 is 0 Å². The minimum absolute atomic E-state index is 0.175. The van der Waals surface area contributed by atoms with Gasteiger partial charge in [-0.1, -0.05) is 20.8 Å². The van der Waals surface area contributed by atoms with Crippen LogP contribution in [0.2, 0.25) is 0 Å². The highest BCUT2D eigenvalue weighted by atomic mass is 79.9. The molecule has 2 rings (SSSR count). The lowest BCUT2D eigenvalue weighted by Crippen LogP contribution is -2.31. The number of hydrogen-bond donors (Lipinski definition) is 1. The van der Waals surface area contributed by atoms with Crippen molar-refractivity contribution in [2.75, 3.05) is 5.32 Å². The first kappa shape index (κ1) is 12.4. The number of hydrogen-bond acceptors (Lipinski definition) is 3. The van der Waals surface area contributed by atoms with Crippen LogP contribution in [0.15, 0.2) is 22.8 Å². The molecule has 0 spiro atoms. The number of halogens is 1. The van der Waals surface area contributed by atoms with Gasteiger partial charge >= 0.3 is 0 Å². The Balaban J connectivity index is 2.29.